The number of pyridine rings is 1. The summed E-state index contributed by atoms with van der Waals surface area (Å²) in [5, 5.41) is 16.2. The van der Waals surface area contributed by atoms with Crippen molar-refractivity contribution in [2.45, 2.75) is 38.0 Å². The lowest BCUT2D eigenvalue weighted by atomic mass is 9.85. The summed E-state index contributed by atoms with van der Waals surface area (Å²) in [6, 6.07) is 18.2. The summed E-state index contributed by atoms with van der Waals surface area (Å²) in [5.74, 6) is 0.124. The van der Waals surface area contributed by atoms with Crippen LogP contribution in [0.3, 0.4) is 0 Å². The van der Waals surface area contributed by atoms with E-state index in [-0.39, 0.29) is 18.0 Å². The summed E-state index contributed by atoms with van der Waals surface area (Å²) in [6.07, 6.45) is -3.13. The molecule has 0 unspecified atom stereocenters. The Balaban J connectivity index is 1.23. The molecule has 0 radical (unpaired) electrons. The fourth-order valence-electron chi connectivity index (χ4n) is 5.18. The third kappa shape index (κ3) is 7.25. The molecule has 1 aliphatic heterocycles. The first-order chi connectivity index (χ1) is 19.5. The monoisotopic (exact) mass is 603 g/mol. The molecule has 0 atom stereocenters. The number of benzene rings is 3. The van der Waals surface area contributed by atoms with Gasteiger partial charge in [0.15, 0.2) is 0 Å². The van der Waals surface area contributed by atoms with Crippen molar-refractivity contribution >= 4 is 45.5 Å². The lowest BCUT2D eigenvalue weighted by Gasteiger charge is -2.38. The number of anilines is 2. The van der Waals surface area contributed by atoms with Gasteiger partial charge in [0.05, 0.1) is 16.7 Å². The molecule has 5 nitrogen and oxygen atoms in total. The fraction of sp³-hybridized carbons (Fsp3) is 0.323. The molecule has 1 aromatic heterocycles. The van der Waals surface area contributed by atoms with Gasteiger partial charge in [-0.2, -0.15) is 13.2 Å². The minimum atomic E-state index is -4.53. The molecule has 0 aliphatic carbocycles. The second kappa shape index (κ2) is 12.1. The molecule has 3 aromatic carbocycles. The molecule has 0 bridgehead atoms. The molecule has 4 aromatic rings. The number of aryl methyl sites for hydroxylation is 1. The third-order valence-electron chi connectivity index (χ3n) is 7.39. The first-order valence-corrected chi connectivity index (χ1v) is 14.1. The van der Waals surface area contributed by atoms with Gasteiger partial charge >= 0.3 is 6.18 Å². The largest absolute Gasteiger partial charge is 0.492 e. The van der Waals surface area contributed by atoms with Crippen LogP contribution in [0.15, 0.2) is 66.7 Å². The lowest BCUT2D eigenvalue weighted by Crippen LogP contribution is -2.46. The topological polar surface area (TPSA) is 57.6 Å². The molecule has 0 amide bonds. The molecule has 41 heavy (non-hydrogen) atoms. The molecule has 0 saturated carbocycles. The number of likely N-dealkylation sites (tertiary alicyclic amines) is 1. The van der Waals surface area contributed by atoms with Gasteiger partial charge in [0, 0.05) is 64.6 Å². The zero-order chi connectivity index (χ0) is 29.2. The summed E-state index contributed by atoms with van der Waals surface area (Å²) < 4.78 is 47.1. The van der Waals surface area contributed by atoms with E-state index in [1.165, 1.54) is 0 Å². The molecular weight excluding hydrogens is 574 g/mol. The van der Waals surface area contributed by atoms with Gasteiger partial charge in [-0.1, -0.05) is 47.5 Å². The Morgan fingerprint density at radius 1 is 1.00 bits per heavy atom. The number of nitrogens with one attached hydrogen (secondary N) is 1. The Labute approximate surface area is 246 Å². The number of nitrogens with zero attached hydrogens (tertiary/aromatic N) is 2. The molecule has 1 aliphatic rings. The number of rotatable bonds is 8. The highest BCUT2D eigenvalue weighted by molar-refractivity contribution is 6.36. The van der Waals surface area contributed by atoms with Crippen molar-refractivity contribution in [1.82, 2.24) is 9.88 Å². The van der Waals surface area contributed by atoms with E-state index in [0.717, 1.165) is 34.3 Å². The van der Waals surface area contributed by atoms with Gasteiger partial charge in [0.25, 0.3) is 0 Å². The van der Waals surface area contributed by atoms with Crippen molar-refractivity contribution in [3.05, 3.63) is 93.6 Å². The highest BCUT2D eigenvalue weighted by Gasteiger charge is 2.34. The number of hydrogen-bond acceptors (Lipinski definition) is 5. The van der Waals surface area contributed by atoms with Crippen molar-refractivity contribution in [2.24, 2.45) is 0 Å². The highest BCUT2D eigenvalue weighted by atomic mass is 35.5. The maximum atomic E-state index is 13.8. The number of hydrogen-bond donors (Lipinski definition) is 2. The number of piperidine rings is 1. The smallest absolute Gasteiger partial charge is 0.416 e. The number of halogens is 5. The third-order valence-corrected chi connectivity index (χ3v) is 8.10. The van der Waals surface area contributed by atoms with Crippen molar-refractivity contribution in [3.63, 3.8) is 0 Å². The quantitative estimate of drug-likeness (QED) is 0.213. The summed E-state index contributed by atoms with van der Waals surface area (Å²) in [4.78, 5) is 6.62. The van der Waals surface area contributed by atoms with Crippen LogP contribution in [0.2, 0.25) is 10.0 Å². The zero-order valence-corrected chi connectivity index (χ0v) is 24.0. The van der Waals surface area contributed by atoms with Crippen molar-refractivity contribution in [1.29, 1.82) is 0 Å². The maximum Gasteiger partial charge on any atom is 0.416 e. The highest BCUT2D eigenvalue weighted by Crippen LogP contribution is 2.37. The molecule has 2 heterocycles. The Hall–Kier alpha value is -3.04. The molecule has 1 fully saturated rings. The van der Waals surface area contributed by atoms with Crippen LogP contribution in [0.25, 0.3) is 10.9 Å². The van der Waals surface area contributed by atoms with E-state index in [1.54, 1.807) is 30.3 Å². The van der Waals surface area contributed by atoms with E-state index in [4.69, 9.17) is 27.9 Å². The summed E-state index contributed by atoms with van der Waals surface area (Å²) in [6.45, 7) is 3.78. The first kappa shape index (κ1) is 29.5. The Morgan fingerprint density at radius 3 is 2.41 bits per heavy atom. The van der Waals surface area contributed by atoms with Crippen molar-refractivity contribution in [3.8, 4) is 5.75 Å². The van der Waals surface area contributed by atoms with Gasteiger partial charge in [-0.15, -0.1) is 0 Å². The summed E-state index contributed by atoms with van der Waals surface area (Å²) >= 11 is 12.6. The van der Waals surface area contributed by atoms with Gasteiger partial charge in [0.2, 0.25) is 0 Å². The number of para-hydroxylation sites is 1. The Morgan fingerprint density at radius 2 is 1.71 bits per heavy atom. The minimum Gasteiger partial charge on any atom is -0.492 e. The Kier molecular flexibility index (Phi) is 8.66. The fourth-order valence-corrected chi connectivity index (χ4v) is 5.71. The standard InChI is InChI=1S/C31H30Cl2F3N3O2/c1-20-15-29(24-5-2-3-8-28(24)37-20)38-22-16-21(31(34,35)36)17-23(18-22)41-14-13-39-11-9-30(40,10-12-39)19-25-26(32)6-4-7-27(25)33/h2-8,15-18,40H,9-14,19H2,1H3,(H,37,38). The molecule has 5 rings (SSSR count). The SMILES string of the molecule is Cc1cc(Nc2cc(OCCN3CCC(O)(Cc4c(Cl)cccc4Cl)CC3)cc(C(F)(F)F)c2)c2ccccc2n1. The van der Waals surface area contributed by atoms with Crippen molar-refractivity contribution in [2.75, 3.05) is 31.6 Å². The maximum absolute atomic E-state index is 13.8. The van der Waals surface area contributed by atoms with Crippen LogP contribution >= 0.6 is 23.2 Å². The number of alkyl halides is 3. The number of aliphatic hydroxyl groups is 1. The molecule has 10 heteroatoms. The van der Waals surface area contributed by atoms with Crippen LogP contribution in [-0.4, -0.2) is 46.8 Å². The van der Waals surface area contributed by atoms with E-state index in [1.807, 2.05) is 31.2 Å². The molecule has 0 spiro atoms. The van der Waals surface area contributed by atoms with Crippen LogP contribution in [-0.2, 0) is 12.6 Å². The van der Waals surface area contributed by atoms with Gasteiger partial charge in [0.1, 0.15) is 12.4 Å². The molecular formula is C31H30Cl2F3N3O2. The van der Waals surface area contributed by atoms with E-state index in [9.17, 15) is 18.3 Å². The average Bonchev–Trinajstić information content (AvgIpc) is 2.91. The van der Waals surface area contributed by atoms with Gasteiger partial charge in [-0.25, -0.2) is 0 Å². The first-order valence-electron chi connectivity index (χ1n) is 13.4. The second-order valence-electron chi connectivity index (χ2n) is 10.5. The van der Waals surface area contributed by atoms with Crippen LogP contribution in [0.1, 0.15) is 29.7 Å². The van der Waals surface area contributed by atoms with Crippen molar-refractivity contribution < 1.29 is 23.0 Å². The van der Waals surface area contributed by atoms with E-state index >= 15 is 0 Å². The van der Waals surface area contributed by atoms with Crippen LogP contribution in [0.5, 0.6) is 5.75 Å². The van der Waals surface area contributed by atoms with E-state index in [0.29, 0.717) is 54.6 Å². The van der Waals surface area contributed by atoms with Crippen LogP contribution in [0, 0.1) is 6.92 Å². The minimum absolute atomic E-state index is 0.124. The normalized spacial score (nSPS) is 15.7. The van der Waals surface area contributed by atoms with Crippen LogP contribution in [0.4, 0.5) is 24.5 Å². The number of fused-ring (bicyclic) bond motifs is 1. The molecule has 216 valence electrons. The Bertz CT molecular complexity index is 1520. The number of aromatic nitrogens is 1. The predicted molar refractivity (Wildman–Crippen MR) is 157 cm³/mol. The number of ether oxygens (including phenoxy) is 1. The molecule has 2 N–H and O–H groups in total. The molecule has 1 saturated heterocycles. The summed E-state index contributed by atoms with van der Waals surface area (Å²) in [7, 11) is 0. The van der Waals surface area contributed by atoms with Crippen LogP contribution < -0.4 is 10.1 Å². The second-order valence-corrected chi connectivity index (χ2v) is 11.3. The predicted octanol–water partition coefficient (Wildman–Crippen LogP) is 8.06. The zero-order valence-electron chi connectivity index (χ0n) is 22.4. The van der Waals surface area contributed by atoms with Gasteiger partial charge < -0.3 is 15.2 Å². The lowest BCUT2D eigenvalue weighted by molar-refractivity contribution is -0.137. The van der Waals surface area contributed by atoms with Gasteiger partial charge in [-0.05, 0) is 61.7 Å². The van der Waals surface area contributed by atoms with Gasteiger partial charge in [-0.3, -0.25) is 9.88 Å². The van der Waals surface area contributed by atoms with E-state index < -0.39 is 17.3 Å². The average molecular weight is 605 g/mol. The summed E-state index contributed by atoms with van der Waals surface area (Å²) in [5.41, 5.74) is 1.44. The van der Waals surface area contributed by atoms with E-state index in [2.05, 4.69) is 15.2 Å².